The largest absolute Gasteiger partial charge is 0.361 e. The van der Waals surface area contributed by atoms with Gasteiger partial charge in [0.05, 0.1) is 0 Å². The van der Waals surface area contributed by atoms with Gasteiger partial charge in [0.15, 0.2) is 0 Å². The van der Waals surface area contributed by atoms with E-state index in [9.17, 15) is 9.59 Å². The molecule has 0 fully saturated rings. The molecule has 0 atom stereocenters. The highest BCUT2D eigenvalue weighted by atomic mass is 16.2. The number of nitrogens with zero attached hydrogens (tertiary/aromatic N) is 2. The van der Waals surface area contributed by atoms with Crippen molar-refractivity contribution in [3.8, 4) is 0 Å². The van der Waals surface area contributed by atoms with Crippen LogP contribution in [0.4, 0.5) is 5.69 Å². The van der Waals surface area contributed by atoms with E-state index in [4.69, 9.17) is 0 Å². The number of anilines is 1. The smallest absolute Gasteiger partial charge is 0.228 e. The molecule has 0 spiro atoms. The first-order chi connectivity index (χ1) is 13.6. The average Bonchev–Trinajstić information content (AvgIpc) is 3.12. The highest BCUT2D eigenvalue weighted by Crippen LogP contribution is 2.19. The Labute approximate surface area is 166 Å². The maximum atomic E-state index is 12.7. The minimum atomic E-state index is -0.00426. The fraction of sp³-hybridized carbons (Fsp3) is 0.304. The molecule has 0 saturated heterocycles. The van der Waals surface area contributed by atoms with Crippen molar-refractivity contribution in [3.05, 3.63) is 66.4 Å². The summed E-state index contributed by atoms with van der Waals surface area (Å²) in [5, 5.41) is 1.18. The van der Waals surface area contributed by atoms with Crippen LogP contribution in [0.1, 0.15) is 25.8 Å². The third kappa shape index (κ3) is 4.60. The van der Waals surface area contributed by atoms with Gasteiger partial charge in [-0.05, 0) is 37.1 Å². The molecule has 1 heterocycles. The predicted molar refractivity (Wildman–Crippen MR) is 113 cm³/mol. The molecule has 0 saturated carbocycles. The van der Waals surface area contributed by atoms with Gasteiger partial charge in [0, 0.05) is 55.8 Å². The number of hydrogen-bond acceptors (Lipinski definition) is 2. The number of H-pyrrole nitrogens is 1. The number of aromatic nitrogens is 1. The molecule has 0 aliphatic carbocycles. The van der Waals surface area contributed by atoms with Gasteiger partial charge in [0.2, 0.25) is 11.8 Å². The van der Waals surface area contributed by atoms with Crippen molar-refractivity contribution in [2.24, 2.45) is 0 Å². The average molecular weight is 377 g/mol. The van der Waals surface area contributed by atoms with E-state index in [1.54, 1.807) is 16.7 Å². The van der Waals surface area contributed by atoms with Gasteiger partial charge in [0.1, 0.15) is 0 Å². The van der Waals surface area contributed by atoms with E-state index in [0.29, 0.717) is 26.1 Å². The number of carbonyl (C=O) groups excluding carboxylic acids is 2. The van der Waals surface area contributed by atoms with Crippen LogP contribution in [0, 0.1) is 0 Å². The topological polar surface area (TPSA) is 56.4 Å². The minimum absolute atomic E-state index is 0.00426. The zero-order chi connectivity index (χ0) is 19.9. The zero-order valence-electron chi connectivity index (χ0n) is 16.5. The van der Waals surface area contributed by atoms with E-state index in [0.717, 1.165) is 17.6 Å². The third-order valence-electron chi connectivity index (χ3n) is 5.05. The summed E-state index contributed by atoms with van der Waals surface area (Å²) in [7, 11) is 0. The number of fused-ring (bicyclic) bond motifs is 1. The number of nitrogens with one attached hydrogen (secondary N) is 1. The molecule has 28 heavy (non-hydrogen) atoms. The first-order valence-electron chi connectivity index (χ1n) is 9.76. The van der Waals surface area contributed by atoms with E-state index in [1.165, 1.54) is 10.9 Å². The van der Waals surface area contributed by atoms with Crippen LogP contribution in [0.2, 0.25) is 0 Å². The molecule has 3 aromatic rings. The molecule has 0 unspecified atom stereocenters. The molecule has 2 aromatic carbocycles. The minimum Gasteiger partial charge on any atom is -0.361 e. The zero-order valence-corrected chi connectivity index (χ0v) is 16.5. The number of benzene rings is 2. The standard InChI is InChI=1S/C23H27N3O2/c1-3-26(20-9-5-4-6-10-20)23(28)14-16-25(18(2)27)15-13-19-17-24-22-12-8-7-11-21(19)22/h4-12,17,24H,3,13-16H2,1-2H3. The van der Waals surface area contributed by atoms with Crippen LogP contribution >= 0.6 is 0 Å². The predicted octanol–water partition coefficient (Wildman–Crippen LogP) is 4.00. The molecule has 0 aliphatic heterocycles. The third-order valence-corrected chi connectivity index (χ3v) is 5.05. The maximum Gasteiger partial charge on any atom is 0.228 e. The number of para-hydroxylation sites is 2. The molecule has 0 radical (unpaired) electrons. The van der Waals surface area contributed by atoms with Crippen molar-refractivity contribution >= 4 is 28.4 Å². The van der Waals surface area contributed by atoms with Gasteiger partial charge < -0.3 is 14.8 Å². The van der Waals surface area contributed by atoms with Gasteiger partial charge in [-0.3, -0.25) is 9.59 Å². The van der Waals surface area contributed by atoms with E-state index in [2.05, 4.69) is 11.1 Å². The maximum absolute atomic E-state index is 12.7. The Balaban J connectivity index is 1.60. The van der Waals surface area contributed by atoms with Crippen LogP contribution in [-0.2, 0) is 16.0 Å². The van der Waals surface area contributed by atoms with Crippen molar-refractivity contribution in [3.63, 3.8) is 0 Å². The second-order valence-corrected chi connectivity index (χ2v) is 6.84. The SMILES string of the molecule is CCN(C(=O)CCN(CCc1c[nH]c2ccccc12)C(C)=O)c1ccccc1. The van der Waals surface area contributed by atoms with Crippen LogP contribution in [0.3, 0.4) is 0 Å². The first-order valence-corrected chi connectivity index (χ1v) is 9.76. The summed E-state index contributed by atoms with van der Waals surface area (Å²) in [6.07, 6.45) is 3.08. The molecule has 0 aliphatic rings. The Morgan fingerprint density at radius 1 is 0.964 bits per heavy atom. The summed E-state index contributed by atoms with van der Waals surface area (Å²) in [5.41, 5.74) is 3.18. The quantitative estimate of drug-likeness (QED) is 0.645. The Morgan fingerprint density at radius 3 is 2.39 bits per heavy atom. The lowest BCUT2D eigenvalue weighted by Gasteiger charge is -2.24. The lowest BCUT2D eigenvalue weighted by Crippen LogP contribution is -2.37. The first kappa shape index (κ1) is 19.7. The normalized spacial score (nSPS) is 10.8. The fourth-order valence-corrected chi connectivity index (χ4v) is 3.50. The van der Waals surface area contributed by atoms with E-state index in [1.807, 2.05) is 61.7 Å². The summed E-state index contributed by atoms with van der Waals surface area (Å²) in [5.74, 6) is 0.0300. The molecule has 1 N–H and O–H groups in total. The highest BCUT2D eigenvalue weighted by Gasteiger charge is 2.17. The van der Waals surface area contributed by atoms with Crippen LogP contribution in [0.5, 0.6) is 0 Å². The van der Waals surface area contributed by atoms with Gasteiger partial charge >= 0.3 is 0 Å². The molecule has 1 aromatic heterocycles. The Morgan fingerprint density at radius 2 is 1.68 bits per heavy atom. The van der Waals surface area contributed by atoms with Gasteiger partial charge in [-0.1, -0.05) is 36.4 Å². The van der Waals surface area contributed by atoms with E-state index < -0.39 is 0 Å². The monoisotopic (exact) mass is 377 g/mol. The van der Waals surface area contributed by atoms with Gasteiger partial charge in [0.25, 0.3) is 0 Å². The lowest BCUT2D eigenvalue weighted by atomic mass is 10.1. The van der Waals surface area contributed by atoms with Crippen LogP contribution in [0.15, 0.2) is 60.8 Å². The number of rotatable bonds is 8. The van der Waals surface area contributed by atoms with Crippen LogP contribution in [-0.4, -0.2) is 41.3 Å². The molecule has 146 valence electrons. The summed E-state index contributed by atoms with van der Waals surface area (Å²) >= 11 is 0. The molecule has 5 nitrogen and oxygen atoms in total. The van der Waals surface area contributed by atoms with Gasteiger partial charge in [-0.25, -0.2) is 0 Å². The lowest BCUT2D eigenvalue weighted by molar-refractivity contribution is -0.129. The fourth-order valence-electron chi connectivity index (χ4n) is 3.50. The number of hydrogen-bond donors (Lipinski definition) is 1. The Hall–Kier alpha value is -3.08. The van der Waals surface area contributed by atoms with Crippen molar-refractivity contribution < 1.29 is 9.59 Å². The molecule has 5 heteroatoms. The summed E-state index contributed by atoms with van der Waals surface area (Å²) in [4.78, 5) is 31.6. The van der Waals surface area contributed by atoms with Crippen molar-refractivity contribution in [1.82, 2.24) is 9.88 Å². The number of aromatic amines is 1. The molecule has 2 amide bonds. The van der Waals surface area contributed by atoms with Crippen molar-refractivity contribution in [1.29, 1.82) is 0 Å². The van der Waals surface area contributed by atoms with Crippen molar-refractivity contribution in [2.45, 2.75) is 26.7 Å². The number of carbonyl (C=O) groups is 2. The highest BCUT2D eigenvalue weighted by molar-refractivity contribution is 5.93. The van der Waals surface area contributed by atoms with E-state index >= 15 is 0 Å². The molecule has 0 bridgehead atoms. The summed E-state index contributed by atoms with van der Waals surface area (Å²) < 4.78 is 0. The Bertz CT molecular complexity index is 933. The van der Waals surface area contributed by atoms with Crippen molar-refractivity contribution in [2.75, 3.05) is 24.5 Å². The summed E-state index contributed by atoms with van der Waals surface area (Å²) in [6.45, 7) is 5.17. The second-order valence-electron chi connectivity index (χ2n) is 6.84. The second kappa shape index (κ2) is 9.22. The Kier molecular flexibility index (Phi) is 6.48. The number of amides is 2. The molecule has 3 rings (SSSR count). The van der Waals surface area contributed by atoms with Gasteiger partial charge in [-0.15, -0.1) is 0 Å². The summed E-state index contributed by atoms with van der Waals surface area (Å²) in [6, 6.07) is 17.8. The van der Waals surface area contributed by atoms with Crippen LogP contribution in [0.25, 0.3) is 10.9 Å². The van der Waals surface area contributed by atoms with Crippen LogP contribution < -0.4 is 4.90 Å². The molecular weight excluding hydrogens is 350 g/mol. The van der Waals surface area contributed by atoms with Gasteiger partial charge in [-0.2, -0.15) is 0 Å². The molecular formula is C23H27N3O2. The van der Waals surface area contributed by atoms with E-state index in [-0.39, 0.29) is 11.8 Å².